The maximum atomic E-state index is 12.7. The summed E-state index contributed by atoms with van der Waals surface area (Å²) in [4.78, 5) is 25.8. The highest BCUT2D eigenvalue weighted by Crippen LogP contribution is 2.33. The number of carbonyl (C=O) groups excluding carboxylic acids is 2. The van der Waals surface area contributed by atoms with E-state index in [0.29, 0.717) is 12.0 Å². The number of anilines is 1. The Balaban J connectivity index is 1.62. The molecule has 0 saturated carbocycles. The first-order valence-electron chi connectivity index (χ1n) is 9.76. The van der Waals surface area contributed by atoms with Crippen LogP contribution >= 0.6 is 11.8 Å². The summed E-state index contributed by atoms with van der Waals surface area (Å²) in [5.74, 6) is -0.334. The number of carbonyl (C=O) groups is 2. The van der Waals surface area contributed by atoms with Gasteiger partial charge in [-0.25, -0.2) is 8.42 Å². The Kier molecular flexibility index (Phi) is 6.88. The van der Waals surface area contributed by atoms with Crippen molar-refractivity contribution in [3.8, 4) is 0 Å². The number of benzene rings is 2. The van der Waals surface area contributed by atoms with Crippen LogP contribution in [0.4, 0.5) is 5.69 Å². The first kappa shape index (κ1) is 22.4. The van der Waals surface area contributed by atoms with Gasteiger partial charge in [-0.3, -0.25) is 9.59 Å². The van der Waals surface area contributed by atoms with Crippen molar-refractivity contribution in [3.05, 3.63) is 58.7 Å². The minimum atomic E-state index is -2.98. The predicted octanol–water partition coefficient (Wildman–Crippen LogP) is 3.26. The molecule has 3 rings (SSSR count). The van der Waals surface area contributed by atoms with Crippen LogP contribution in [0.15, 0.2) is 41.3 Å². The van der Waals surface area contributed by atoms with Gasteiger partial charge in [0.2, 0.25) is 5.91 Å². The summed E-state index contributed by atoms with van der Waals surface area (Å²) >= 11 is 1.41. The van der Waals surface area contributed by atoms with Gasteiger partial charge < -0.3 is 10.6 Å². The van der Waals surface area contributed by atoms with E-state index in [2.05, 4.69) is 10.6 Å². The number of hydrogen-bond acceptors (Lipinski definition) is 5. The highest BCUT2D eigenvalue weighted by Gasteiger charge is 2.29. The lowest BCUT2D eigenvalue weighted by Crippen LogP contribution is -2.33. The first-order valence-corrected chi connectivity index (χ1v) is 12.5. The van der Waals surface area contributed by atoms with E-state index in [0.717, 1.165) is 27.3 Å². The van der Waals surface area contributed by atoms with Crippen molar-refractivity contribution in [1.29, 1.82) is 0 Å². The van der Waals surface area contributed by atoms with Crippen LogP contribution in [0, 0.1) is 20.8 Å². The monoisotopic (exact) mass is 446 g/mol. The molecular formula is C22H26N2O4S2. The van der Waals surface area contributed by atoms with Crippen molar-refractivity contribution in [2.24, 2.45) is 0 Å². The fourth-order valence-electron chi connectivity index (χ4n) is 3.61. The molecular weight excluding hydrogens is 420 g/mol. The topological polar surface area (TPSA) is 92.3 Å². The molecule has 0 aliphatic carbocycles. The third kappa shape index (κ3) is 5.64. The SMILES string of the molecule is Cc1cc(C)c(NC(=O)CNC(=O)c2ccccc2SC2CCS(=O)(=O)C2)c(C)c1. The van der Waals surface area contributed by atoms with Crippen molar-refractivity contribution in [3.63, 3.8) is 0 Å². The summed E-state index contributed by atoms with van der Waals surface area (Å²) in [6, 6.07) is 11.1. The van der Waals surface area contributed by atoms with Crippen LogP contribution in [0.3, 0.4) is 0 Å². The molecule has 1 heterocycles. The molecule has 1 aliphatic heterocycles. The number of amides is 2. The summed E-state index contributed by atoms with van der Waals surface area (Å²) in [5.41, 5.74) is 4.28. The van der Waals surface area contributed by atoms with Gasteiger partial charge in [0, 0.05) is 15.8 Å². The van der Waals surface area contributed by atoms with Crippen molar-refractivity contribution < 1.29 is 18.0 Å². The van der Waals surface area contributed by atoms with Gasteiger partial charge in [0.25, 0.3) is 5.91 Å². The molecule has 2 N–H and O–H groups in total. The minimum absolute atomic E-state index is 0.0558. The van der Waals surface area contributed by atoms with Gasteiger partial charge in [-0.15, -0.1) is 11.8 Å². The van der Waals surface area contributed by atoms with E-state index in [-0.39, 0.29) is 35.1 Å². The molecule has 0 spiro atoms. The summed E-state index contributed by atoms with van der Waals surface area (Å²) in [6.45, 7) is 5.72. The average Bonchev–Trinajstić information content (AvgIpc) is 3.01. The van der Waals surface area contributed by atoms with Crippen LogP contribution in [0.25, 0.3) is 0 Å². The second-order valence-electron chi connectivity index (χ2n) is 7.64. The Morgan fingerprint density at radius 2 is 1.77 bits per heavy atom. The number of rotatable bonds is 6. The van der Waals surface area contributed by atoms with E-state index in [1.54, 1.807) is 12.1 Å². The summed E-state index contributed by atoms with van der Waals surface area (Å²) in [7, 11) is -2.98. The number of sulfone groups is 1. The van der Waals surface area contributed by atoms with E-state index in [4.69, 9.17) is 0 Å². The molecule has 0 radical (unpaired) electrons. The Bertz CT molecular complexity index is 1060. The van der Waals surface area contributed by atoms with Gasteiger partial charge >= 0.3 is 0 Å². The maximum Gasteiger partial charge on any atom is 0.252 e. The van der Waals surface area contributed by atoms with E-state index >= 15 is 0 Å². The van der Waals surface area contributed by atoms with E-state index < -0.39 is 9.84 Å². The van der Waals surface area contributed by atoms with Gasteiger partial charge in [0.15, 0.2) is 9.84 Å². The molecule has 1 saturated heterocycles. The lowest BCUT2D eigenvalue weighted by Gasteiger charge is -2.14. The molecule has 2 aromatic carbocycles. The maximum absolute atomic E-state index is 12.7. The molecule has 1 unspecified atom stereocenters. The van der Waals surface area contributed by atoms with Crippen molar-refractivity contribution in [2.45, 2.75) is 37.3 Å². The summed E-state index contributed by atoms with van der Waals surface area (Å²) < 4.78 is 23.4. The zero-order valence-electron chi connectivity index (χ0n) is 17.3. The van der Waals surface area contributed by atoms with Crippen LogP contribution in [-0.2, 0) is 14.6 Å². The van der Waals surface area contributed by atoms with Crippen LogP contribution in [0.2, 0.25) is 0 Å². The molecule has 6 nitrogen and oxygen atoms in total. The molecule has 1 atom stereocenters. The van der Waals surface area contributed by atoms with Crippen LogP contribution < -0.4 is 10.6 Å². The molecule has 1 aliphatic rings. The second-order valence-corrected chi connectivity index (χ2v) is 11.2. The smallest absolute Gasteiger partial charge is 0.252 e. The highest BCUT2D eigenvalue weighted by atomic mass is 32.2. The molecule has 2 aromatic rings. The molecule has 30 heavy (non-hydrogen) atoms. The lowest BCUT2D eigenvalue weighted by molar-refractivity contribution is -0.115. The van der Waals surface area contributed by atoms with Crippen molar-refractivity contribution in [1.82, 2.24) is 5.32 Å². The molecule has 0 aromatic heterocycles. The number of thioether (sulfide) groups is 1. The lowest BCUT2D eigenvalue weighted by atomic mass is 10.1. The number of nitrogens with one attached hydrogen (secondary N) is 2. The molecule has 160 valence electrons. The van der Waals surface area contributed by atoms with Crippen LogP contribution in [0.1, 0.15) is 33.5 Å². The third-order valence-electron chi connectivity index (χ3n) is 4.97. The molecule has 0 bridgehead atoms. The van der Waals surface area contributed by atoms with Gasteiger partial charge in [0.05, 0.1) is 23.6 Å². The second kappa shape index (κ2) is 9.22. The van der Waals surface area contributed by atoms with E-state index in [9.17, 15) is 18.0 Å². The minimum Gasteiger partial charge on any atom is -0.343 e. The Morgan fingerprint density at radius 3 is 2.40 bits per heavy atom. The van der Waals surface area contributed by atoms with Gasteiger partial charge in [0.1, 0.15) is 0 Å². The number of hydrogen-bond donors (Lipinski definition) is 2. The third-order valence-corrected chi connectivity index (χ3v) is 8.29. The molecule has 8 heteroatoms. The molecule has 2 amide bonds. The predicted molar refractivity (Wildman–Crippen MR) is 121 cm³/mol. The van der Waals surface area contributed by atoms with E-state index in [1.165, 1.54) is 11.8 Å². The Labute approximate surface area is 181 Å². The Hall–Kier alpha value is -2.32. The summed E-state index contributed by atoms with van der Waals surface area (Å²) in [6.07, 6.45) is 0.584. The van der Waals surface area contributed by atoms with Gasteiger partial charge in [-0.2, -0.15) is 0 Å². The fraction of sp³-hybridized carbons (Fsp3) is 0.364. The summed E-state index contributed by atoms with van der Waals surface area (Å²) in [5, 5.41) is 5.48. The van der Waals surface area contributed by atoms with Crippen LogP contribution in [0.5, 0.6) is 0 Å². The molecule has 1 fully saturated rings. The average molecular weight is 447 g/mol. The van der Waals surface area contributed by atoms with E-state index in [1.807, 2.05) is 45.0 Å². The van der Waals surface area contributed by atoms with Crippen LogP contribution in [-0.4, -0.2) is 43.5 Å². The normalized spacial score (nSPS) is 17.5. The van der Waals surface area contributed by atoms with Crippen molar-refractivity contribution >= 4 is 39.1 Å². The number of aryl methyl sites for hydroxylation is 3. The Morgan fingerprint density at radius 1 is 1.10 bits per heavy atom. The highest BCUT2D eigenvalue weighted by molar-refractivity contribution is 8.02. The standard InChI is InChI=1S/C22H26N2O4S2/c1-14-10-15(2)21(16(3)11-14)24-20(25)12-23-22(26)18-6-4-5-7-19(18)29-17-8-9-30(27,28)13-17/h4-7,10-11,17H,8-9,12-13H2,1-3H3,(H,23,26)(H,24,25). The van der Waals surface area contributed by atoms with Crippen molar-refractivity contribution in [2.75, 3.05) is 23.4 Å². The zero-order valence-corrected chi connectivity index (χ0v) is 19.0. The fourth-order valence-corrected chi connectivity index (χ4v) is 7.23. The quantitative estimate of drug-likeness (QED) is 0.711. The van der Waals surface area contributed by atoms with Gasteiger partial charge in [-0.1, -0.05) is 29.8 Å². The van der Waals surface area contributed by atoms with Gasteiger partial charge in [-0.05, 0) is 50.5 Å². The first-order chi connectivity index (χ1) is 14.1. The largest absolute Gasteiger partial charge is 0.343 e. The zero-order chi connectivity index (χ0) is 21.9.